The van der Waals surface area contributed by atoms with Crippen LogP contribution in [0.3, 0.4) is 0 Å². The van der Waals surface area contributed by atoms with E-state index in [0.717, 1.165) is 33.3 Å². The predicted octanol–water partition coefficient (Wildman–Crippen LogP) is 5.57. The third kappa shape index (κ3) is 3.62. The smallest absolute Gasteiger partial charge is 0.407 e. The van der Waals surface area contributed by atoms with Crippen LogP contribution in [0.4, 0.5) is 4.79 Å². The number of rotatable bonds is 3. The fourth-order valence-corrected chi connectivity index (χ4v) is 3.92. The molecule has 1 aliphatic heterocycles. The Bertz CT molecular complexity index is 950. The second kappa shape index (κ2) is 7.19. The van der Waals surface area contributed by atoms with Gasteiger partial charge in [-0.2, -0.15) is 0 Å². The molecule has 138 valence electrons. The number of carboxylic acid groups (broad SMARTS) is 1. The van der Waals surface area contributed by atoms with Gasteiger partial charge in [0.15, 0.2) is 0 Å². The lowest BCUT2D eigenvalue weighted by molar-refractivity contribution is 0.138. The fraction of sp³-hybridized carbons (Fsp3) is 0.238. The molecular weight excluding hydrogens is 406 g/mol. The van der Waals surface area contributed by atoms with E-state index in [1.165, 1.54) is 4.90 Å². The molecule has 0 radical (unpaired) electrons. The van der Waals surface area contributed by atoms with Crippen LogP contribution in [0.1, 0.15) is 25.2 Å². The molecule has 1 aliphatic rings. The molecule has 2 N–H and O–H groups in total. The normalized spacial score (nSPS) is 19.4. The van der Waals surface area contributed by atoms with Gasteiger partial charge in [0, 0.05) is 11.0 Å². The molecule has 1 aromatic heterocycles. The Hall–Kier alpha value is -2.60. The Morgan fingerprint density at radius 1 is 1.11 bits per heavy atom. The van der Waals surface area contributed by atoms with Crippen LogP contribution in [0.25, 0.3) is 22.4 Å². The molecule has 5 nitrogen and oxygen atoms in total. The second-order valence-corrected chi connectivity index (χ2v) is 7.97. The number of aromatic nitrogens is 2. The average molecular weight is 426 g/mol. The number of amides is 1. The molecule has 27 heavy (non-hydrogen) atoms. The minimum Gasteiger partial charge on any atom is -0.465 e. The van der Waals surface area contributed by atoms with Gasteiger partial charge in [0.25, 0.3) is 0 Å². The van der Waals surface area contributed by atoms with E-state index in [4.69, 9.17) is 0 Å². The number of H-pyrrole nitrogens is 1. The van der Waals surface area contributed by atoms with Crippen molar-refractivity contribution in [3.8, 4) is 22.4 Å². The number of nitrogens with one attached hydrogen (secondary N) is 1. The highest BCUT2D eigenvalue weighted by Crippen LogP contribution is 2.35. The zero-order valence-corrected chi connectivity index (χ0v) is 16.5. The lowest BCUT2D eigenvalue weighted by Gasteiger charge is -2.19. The molecule has 0 bridgehead atoms. The fourth-order valence-electron chi connectivity index (χ4n) is 3.65. The van der Waals surface area contributed by atoms with Gasteiger partial charge in [-0.3, -0.25) is 4.90 Å². The molecule has 3 aromatic rings. The van der Waals surface area contributed by atoms with Crippen molar-refractivity contribution in [3.63, 3.8) is 0 Å². The van der Waals surface area contributed by atoms with Crippen molar-refractivity contribution in [2.75, 3.05) is 6.54 Å². The monoisotopic (exact) mass is 425 g/mol. The Morgan fingerprint density at radius 3 is 2.33 bits per heavy atom. The molecule has 2 aromatic carbocycles. The summed E-state index contributed by atoms with van der Waals surface area (Å²) < 4.78 is 1.06. The van der Waals surface area contributed by atoms with Crippen LogP contribution < -0.4 is 0 Å². The van der Waals surface area contributed by atoms with Crippen molar-refractivity contribution in [3.05, 3.63) is 65.0 Å². The number of hydrogen-bond donors (Lipinski definition) is 2. The van der Waals surface area contributed by atoms with Gasteiger partial charge >= 0.3 is 6.09 Å². The summed E-state index contributed by atoms with van der Waals surface area (Å²) in [5.74, 6) is 1.05. The van der Waals surface area contributed by atoms with E-state index in [1.54, 1.807) is 6.20 Å². The quantitative estimate of drug-likeness (QED) is 0.576. The molecule has 1 amide bonds. The lowest BCUT2D eigenvalue weighted by Crippen LogP contribution is -2.29. The summed E-state index contributed by atoms with van der Waals surface area (Å²) in [4.78, 5) is 20.7. The molecule has 2 atom stereocenters. The van der Waals surface area contributed by atoms with Gasteiger partial charge < -0.3 is 10.1 Å². The number of benzene rings is 2. The van der Waals surface area contributed by atoms with Crippen LogP contribution in [0, 0.1) is 5.92 Å². The van der Waals surface area contributed by atoms with Crippen LogP contribution in [0.5, 0.6) is 0 Å². The Kier molecular flexibility index (Phi) is 4.74. The first-order valence-electron chi connectivity index (χ1n) is 8.92. The summed E-state index contributed by atoms with van der Waals surface area (Å²) >= 11 is 3.46. The van der Waals surface area contributed by atoms with Crippen LogP contribution >= 0.6 is 15.9 Å². The maximum Gasteiger partial charge on any atom is 0.407 e. The minimum atomic E-state index is -0.888. The van der Waals surface area contributed by atoms with E-state index in [1.807, 2.05) is 12.1 Å². The minimum absolute atomic E-state index is 0.201. The van der Waals surface area contributed by atoms with Crippen molar-refractivity contribution in [1.29, 1.82) is 0 Å². The van der Waals surface area contributed by atoms with E-state index in [2.05, 4.69) is 69.2 Å². The first kappa shape index (κ1) is 17.8. The number of halogens is 1. The maximum absolute atomic E-state index is 11.5. The molecular formula is C21H20BrN3O2. The largest absolute Gasteiger partial charge is 0.465 e. The zero-order valence-electron chi connectivity index (χ0n) is 14.9. The molecule has 4 rings (SSSR count). The molecule has 6 heteroatoms. The standard InChI is InChI=1S/C21H20BrN3O2/c1-13-10-19(25(12-13)21(26)27)20-23-11-18(24-20)16-4-2-14(3-5-16)15-6-8-17(22)9-7-15/h2-9,11,13,19H,10,12H2,1H3,(H,23,24)(H,26,27)/t13-,19-/m0/s1. The summed E-state index contributed by atoms with van der Waals surface area (Å²) in [6, 6.07) is 16.3. The third-order valence-electron chi connectivity index (χ3n) is 5.04. The van der Waals surface area contributed by atoms with Gasteiger partial charge in [-0.1, -0.05) is 59.3 Å². The van der Waals surface area contributed by atoms with Gasteiger partial charge in [0.1, 0.15) is 5.82 Å². The summed E-state index contributed by atoms with van der Waals surface area (Å²) in [7, 11) is 0. The Labute approximate surface area is 166 Å². The third-order valence-corrected chi connectivity index (χ3v) is 5.57. The summed E-state index contributed by atoms with van der Waals surface area (Å²) in [6.07, 6.45) is 1.69. The highest BCUT2D eigenvalue weighted by molar-refractivity contribution is 9.10. The molecule has 0 unspecified atom stereocenters. The summed E-state index contributed by atoms with van der Waals surface area (Å²) in [6.45, 7) is 2.62. The highest BCUT2D eigenvalue weighted by Gasteiger charge is 2.35. The first-order valence-corrected chi connectivity index (χ1v) is 9.71. The highest BCUT2D eigenvalue weighted by atomic mass is 79.9. The van der Waals surface area contributed by atoms with Gasteiger partial charge in [0.05, 0.1) is 17.9 Å². The van der Waals surface area contributed by atoms with E-state index >= 15 is 0 Å². The van der Waals surface area contributed by atoms with Crippen LogP contribution in [-0.2, 0) is 0 Å². The van der Waals surface area contributed by atoms with E-state index in [0.29, 0.717) is 18.3 Å². The number of hydrogen-bond acceptors (Lipinski definition) is 2. The molecule has 1 fully saturated rings. The topological polar surface area (TPSA) is 69.2 Å². The van der Waals surface area contributed by atoms with Crippen molar-refractivity contribution in [2.45, 2.75) is 19.4 Å². The van der Waals surface area contributed by atoms with E-state index in [9.17, 15) is 9.90 Å². The van der Waals surface area contributed by atoms with Crippen LogP contribution in [0.2, 0.25) is 0 Å². The van der Waals surface area contributed by atoms with Crippen LogP contribution in [0.15, 0.2) is 59.2 Å². The second-order valence-electron chi connectivity index (χ2n) is 7.06. The maximum atomic E-state index is 11.5. The van der Waals surface area contributed by atoms with Crippen LogP contribution in [-0.4, -0.2) is 32.6 Å². The molecule has 2 heterocycles. The average Bonchev–Trinajstić information content (AvgIpc) is 3.29. The van der Waals surface area contributed by atoms with Crippen molar-refractivity contribution < 1.29 is 9.90 Å². The summed E-state index contributed by atoms with van der Waals surface area (Å²) in [5, 5.41) is 9.42. The number of aromatic amines is 1. The number of nitrogens with zero attached hydrogens (tertiary/aromatic N) is 2. The Morgan fingerprint density at radius 2 is 1.70 bits per heavy atom. The SMILES string of the molecule is C[C@H]1C[C@@H](c2ncc(-c3ccc(-c4ccc(Br)cc4)cc3)[nH]2)N(C(=O)O)C1. The number of imidazole rings is 1. The Balaban J connectivity index is 1.56. The molecule has 1 saturated heterocycles. The van der Waals surface area contributed by atoms with Gasteiger partial charge in [-0.05, 0) is 41.2 Å². The molecule has 0 saturated carbocycles. The molecule has 0 spiro atoms. The first-order chi connectivity index (χ1) is 13.0. The van der Waals surface area contributed by atoms with Crippen molar-refractivity contribution in [2.24, 2.45) is 5.92 Å². The number of likely N-dealkylation sites (tertiary alicyclic amines) is 1. The van der Waals surface area contributed by atoms with Crippen molar-refractivity contribution >= 4 is 22.0 Å². The lowest BCUT2D eigenvalue weighted by atomic mass is 10.0. The summed E-state index contributed by atoms with van der Waals surface area (Å²) in [5.41, 5.74) is 4.24. The van der Waals surface area contributed by atoms with Crippen molar-refractivity contribution in [1.82, 2.24) is 14.9 Å². The van der Waals surface area contributed by atoms with Gasteiger partial charge in [0.2, 0.25) is 0 Å². The predicted molar refractivity (Wildman–Crippen MR) is 108 cm³/mol. The van der Waals surface area contributed by atoms with Gasteiger partial charge in [-0.25, -0.2) is 9.78 Å². The van der Waals surface area contributed by atoms with E-state index < -0.39 is 6.09 Å². The van der Waals surface area contributed by atoms with E-state index in [-0.39, 0.29) is 6.04 Å². The van der Waals surface area contributed by atoms with Gasteiger partial charge in [-0.15, -0.1) is 0 Å². The zero-order chi connectivity index (χ0) is 19.0. The number of carbonyl (C=O) groups is 1. The molecule has 0 aliphatic carbocycles.